The van der Waals surface area contributed by atoms with Gasteiger partial charge in [0.15, 0.2) is 11.5 Å². The maximum absolute atomic E-state index is 12.8. The molecular weight excluding hydrogens is 400 g/mol. The lowest BCUT2D eigenvalue weighted by molar-refractivity contribution is -0.130. The van der Waals surface area contributed by atoms with Gasteiger partial charge in [0.05, 0.1) is 26.3 Å². The first-order valence-electron chi connectivity index (χ1n) is 9.78. The fourth-order valence-electron chi connectivity index (χ4n) is 3.48. The molecule has 1 aliphatic heterocycles. The second-order valence-corrected chi connectivity index (χ2v) is 7.80. The van der Waals surface area contributed by atoms with Gasteiger partial charge in [0, 0.05) is 43.3 Å². The summed E-state index contributed by atoms with van der Waals surface area (Å²) in [6, 6.07) is 11.6. The van der Waals surface area contributed by atoms with Crippen molar-refractivity contribution < 1.29 is 14.3 Å². The summed E-state index contributed by atoms with van der Waals surface area (Å²) in [6.07, 6.45) is 2.11. The van der Waals surface area contributed by atoms with Crippen molar-refractivity contribution in [3.05, 3.63) is 53.7 Å². The SMILES string of the molecule is COc1ccc(-c2nc(CC(=O)N3CCN(c4ccccn4)CC3)cs2)cc1OC. The van der Waals surface area contributed by atoms with Crippen LogP contribution in [0.4, 0.5) is 5.82 Å². The van der Waals surface area contributed by atoms with Crippen molar-refractivity contribution in [1.29, 1.82) is 0 Å². The van der Waals surface area contributed by atoms with Crippen molar-refractivity contribution >= 4 is 23.1 Å². The molecule has 3 aromatic rings. The van der Waals surface area contributed by atoms with Crippen LogP contribution in [0, 0.1) is 0 Å². The van der Waals surface area contributed by atoms with Crippen molar-refractivity contribution in [3.8, 4) is 22.1 Å². The van der Waals surface area contributed by atoms with Gasteiger partial charge in [-0.15, -0.1) is 11.3 Å². The van der Waals surface area contributed by atoms with Gasteiger partial charge in [-0.3, -0.25) is 4.79 Å². The van der Waals surface area contributed by atoms with E-state index in [0.717, 1.165) is 35.2 Å². The fourth-order valence-corrected chi connectivity index (χ4v) is 4.30. The van der Waals surface area contributed by atoms with E-state index in [1.54, 1.807) is 20.4 Å². The summed E-state index contributed by atoms with van der Waals surface area (Å²) in [6.45, 7) is 2.97. The smallest absolute Gasteiger partial charge is 0.228 e. The highest BCUT2D eigenvalue weighted by molar-refractivity contribution is 7.13. The molecule has 7 nitrogen and oxygen atoms in total. The van der Waals surface area contributed by atoms with Gasteiger partial charge in [0.2, 0.25) is 5.91 Å². The number of carbonyl (C=O) groups is 1. The number of hydrogen-bond donors (Lipinski definition) is 0. The number of amides is 1. The van der Waals surface area contributed by atoms with Crippen LogP contribution in [-0.2, 0) is 11.2 Å². The Balaban J connectivity index is 1.37. The number of benzene rings is 1. The molecule has 1 amide bonds. The van der Waals surface area contributed by atoms with Gasteiger partial charge in [-0.1, -0.05) is 6.07 Å². The van der Waals surface area contributed by atoms with Gasteiger partial charge >= 0.3 is 0 Å². The predicted octanol–water partition coefficient (Wildman–Crippen LogP) is 3.11. The number of thiazole rings is 1. The molecule has 4 rings (SSSR count). The average Bonchev–Trinajstić information content (AvgIpc) is 3.27. The second-order valence-electron chi connectivity index (χ2n) is 6.95. The molecule has 1 aliphatic rings. The summed E-state index contributed by atoms with van der Waals surface area (Å²) in [5.74, 6) is 2.41. The zero-order valence-electron chi connectivity index (χ0n) is 17.1. The minimum absolute atomic E-state index is 0.111. The van der Waals surface area contributed by atoms with Crippen molar-refractivity contribution in [1.82, 2.24) is 14.9 Å². The van der Waals surface area contributed by atoms with Crippen LogP contribution in [0.5, 0.6) is 11.5 Å². The van der Waals surface area contributed by atoms with Crippen LogP contribution < -0.4 is 14.4 Å². The molecule has 1 fully saturated rings. The molecule has 0 unspecified atom stereocenters. The van der Waals surface area contributed by atoms with Crippen molar-refractivity contribution in [2.45, 2.75) is 6.42 Å². The molecule has 0 bridgehead atoms. The Bertz CT molecular complexity index is 1000. The van der Waals surface area contributed by atoms with E-state index in [9.17, 15) is 4.79 Å². The van der Waals surface area contributed by atoms with Crippen LogP contribution in [0.3, 0.4) is 0 Å². The van der Waals surface area contributed by atoms with Crippen LogP contribution in [-0.4, -0.2) is 61.2 Å². The van der Waals surface area contributed by atoms with E-state index < -0.39 is 0 Å². The molecule has 0 saturated carbocycles. The number of hydrogen-bond acceptors (Lipinski definition) is 7. The van der Waals surface area contributed by atoms with E-state index >= 15 is 0 Å². The van der Waals surface area contributed by atoms with E-state index in [1.807, 2.05) is 46.7 Å². The number of carbonyl (C=O) groups excluding carboxylic acids is 1. The number of piperazine rings is 1. The molecule has 1 aromatic carbocycles. The minimum Gasteiger partial charge on any atom is -0.493 e. The lowest BCUT2D eigenvalue weighted by Gasteiger charge is -2.35. The van der Waals surface area contributed by atoms with Gasteiger partial charge in [-0.05, 0) is 30.3 Å². The number of aromatic nitrogens is 2. The van der Waals surface area contributed by atoms with Gasteiger partial charge < -0.3 is 19.3 Å². The Morgan fingerprint density at radius 3 is 2.57 bits per heavy atom. The summed E-state index contributed by atoms with van der Waals surface area (Å²) in [4.78, 5) is 25.9. The molecule has 156 valence electrons. The molecule has 8 heteroatoms. The fraction of sp³-hybridized carbons (Fsp3) is 0.318. The number of rotatable bonds is 6. The number of methoxy groups -OCH3 is 2. The lowest BCUT2D eigenvalue weighted by Crippen LogP contribution is -2.49. The van der Waals surface area contributed by atoms with E-state index in [4.69, 9.17) is 9.47 Å². The van der Waals surface area contributed by atoms with Crippen molar-refractivity contribution in [2.24, 2.45) is 0 Å². The Labute approximate surface area is 179 Å². The molecule has 1 saturated heterocycles. The maximum atomic E-state index is 12.8. The third-order valence-electron chi connectivity index (χ3n) is 5.12. The van der Waals surface area contributed by atoms with Crippen LogP contribution >= 0.6 is 11.3 Å². The lowest BCUT2D eigenvalue weighted by atomic mass is 10.2. The maximum Gasteiger partial charge on any atom is 0.228 e. The standard InChI is InChI=1S/C22H24N4O3S/c1-28-18-7-6-16(13-19(18)29-2)22-24-17(15-30-22)14-21(27)26-11-9-25(10-12-26)20-5-3-4-8-23-20/h3-8,13,15H,9-12,14H2,1-2H3. The Morgan fingerprint density at radius 2 is 1.87 bits per heavy atom. The van der Waals surface area contributed by atoms with Gasteiger partial charge in [-0.2, -0.15) is 0 Å². The molecule has 30 heavy (non-hydrogen) atoms. The zero-order valence-corrected chi connectivity index (χ0v) is 17.9. The third-order valence-corrected chi connectivity index (χ3v) is 6.06. The molecule has 0 spiro atoms. The summed E-state index contributed by atoms with van der Waals surface area (Å²) >= 11 is 1.53. The van der Waals surface area contributed by atoms with Gasteiger partial charge in [0.1, 0.15) is 10.8 Å². The number of anilines is 1. The van der Waals surface area contributed by atoms with Crippen LogP contribution in [0.15, 0.2) is 48.0 Å². The summed E-state index contributed by atoms with van der Waals surface area (Å²) < 4.78 is 10.7. The highest BCUT2D eigenvalue weighted by atomic mass is 32.1. The van der Waals surface area contributed by atoms with Crippen LogP contribution in [0.25, 0.3) is 10.6 Å². The second kappa shape index (κ2) is 9.13. The molecule has 2 aromatic heterocycles. The Hall–Kier alpha value is -3.13. The first kappa shape index (κ1) is 20.2. The summed E-state index contributed by atoms with van der Waals surface area (Å²) in [7, 11) is 3.22. The molecule has 3 heterocycles. The first-order chi connectivity index (χ1) is 14.7. The average molecular weight is 425 g/mol. The Morgan fingerprint density at radius 1 is 1.07 bits per heavy atom. The minimum atomic E-state index is 0.111. The molecule has 0 atom stereocenters. The number of pyridine rings is 1. The van der Waals surface area contributed by atoms with Gasteiger partial charge in [0.25, 0.3) is 0 Å². The van der Waals surface area contributed by atoms with E-state index in [1.165, 1.54) is 11.3 Å². The summed E-state index contributed by atoms with van der Waals surface area (Å²) in [5.41, 5.74) is 1.74. The monoisotopic (exact) mass is 424 g/mol. The van der Waals surface area contributed by atoms with Crippen molar-refractivity contribution in [2.75, 3.05) is 45.3 Å². The highest BCUT2D eigenvalue weighted by Gasteiger charge is 2.22. The van der Waals surface area contributed by atoms with Crippen LogP contribution in [0.1, 0.15) is 5.69 Å². The summed E-state index contributed by atoms with van der Waals surface area (Å²) in [5, 5.41) is 2.81. The van der Waals surface area contributed by atoms with E-state index in [0.29, 0.717) is 31.0 Å². The van der Waals surface area contributed by atoms with Crippen molar-refractivity contribution in [3.63, 3.8) is 0 Å². The first-order valence-corrected chi connectivity index (χ1v) is 10.7. The molecule has 0 radical (unpaired) electrons. The number of ether oxygens (including phenoxy) is 2. The van der Waals surface area contributed by atoms with E-state index in [2.05, 4.69) is 14.9 Å². The van der Waals surface area contributed by atoms with Crippen LogP contribution in [0.2, 0.25) is 0 Å². The Kier molecular flexibility index (Phi) is 6.13. The third kappa shape index (κ3) is 4.38. The highest BCUT2D eigenvalue weighted by Crippen LogP contribution is 2.33. The topological polar surface area (TPSA) is 67.8 Å². The number of nitrogens with zero attached hydrogens (tertiary/aromatic N) is 4. The quantitative estimate of drug-likeness (QED) is 0.606. The molecular formula is C22H24N4O3S. The van der Waals surface area contributed by atoms with E-state index in [-0.39, 0.29) is 5.91 Å². The predicted molar refractivity (Wildman–Crippen MR) is 117 cm³/mol. The van der Waals surface area contributed by atoms with Gasteiger partial charge in [-0.25, -0.2) is 9.97 Å². The molecule has 0 aliphatic carbocycles. The normalized spacial score (nSPS) is 13.9. The molecule has 0 N–H and O–H groups in total. The zero-order chi connectivity index (χ0) is 20.9. The largest absolute Gasteiger partial charge is 0.493 e.